The number of para-hydroxylation sites is 1. The molecule has 0 saturated heterocycles. The van der Waals surface area contributed by atoms with Crippen molar-refractivity contribution in [3.63, 3.8) is 0 Å². The van der Waals surface area contributed by atoms with Crippen LogP contribution in [0.1, 0.15) is 25.0 Å². The van der Waals surface area contributed by atoms with Crippen molar-refractivity contribution in [1.82, 2.24) is 4.90 Å². The predicted molar refractivity (Wildman–Crippen MR) is 86.7 cm³/mol. The van der Waals surface area contributed by atoms with E-state index in [0.29, 0.717) is 6.04 Å². The van der Waals surface area contributed by atoms with E-state index in [-0.39, 0.29) is 0 Å². The average Bonchev–Trinajstić information content (AvgIpc) is 2.42. The molecule has 0 saturated carbocycles. The van der Waals surface area contributed by atoms with Crippen LogP contribution in [-0.4, -0.2) is 10.9 Å². The molecule has 2 nitrogen and oxygen atoms in total. The van der Waals surface area contributed by atoms with E-state index >= 15 is 0 Å². The predicted octanol–water partition coefficient (Wildman–Crippen LogP) is 4.33. The van der Waals surface area contributed by atoms with Gasteiger partial charge in [0.15, 0.2) is 0 Å². The Bertz CT molecular complexity index is 549. The Kier molecular flexibility index (Phi) is 5.05. The molecule has 106 valence electrons. The molecule has 2 rings (SSSR count). The Morgan fingerprint density at radius 1 is 1.00 bits per heavy atom. The maximum atomic E-state index is 6.04. The van der Waals surface area contributed by atoms with Crippen molar-refractivity contribution in [3.8, 4) is 0 Å². The number of nitrogens with two attached hydrogens (primary N) is 1. The summed E-state index contributed by atoms with van der Waals surface area (Å²) in [5.74, 6) is 0. The Morgan fingerprint density at radius 2 is 1.65 bits per heavy atom. The summed E-state index contributed by atoms with van der Waals surface area (Å²) >= 11 is 5.93. The fraction of sp³-hybridized carbons (Fsp3) is 0.294. The van der Waals surface area contributed by atoms with Gasteiger partial charge in [0.05, 0.1) is 0 Å². The van der Waals surface area contributed by atoms with Gasteiger partial charge in [-0.2, -0.15) is 0 Å². The van der Waals surface area contributed by atoms with Crippen LogP contribution in [0.4, 0.5) is 5.69 Å². The quantitative estimate of drug-likeness (QED) is 0.830. The van der Waals surface area contributed by atoms with E-state index in [1.807, 2.05) is 30.3 Å². The molecule has 0 bridgehead atoms. The maximum Gasteiger partial charge on any atom is 0.0406 e. The van der Waals surface area contributed by atoms with Crippen LogP contribution in [0.15, 0.2) is 48.5 Å². The molecule has 0 heterocycles. The van der Waals surface area contributed by atoms with E-state index in [0.717, 1.165) is 23.8 Å². The van der Waals surface area contributed by atoms with Crippen molar-refractivity contribution in [2.45, 2.75) is 33.0 Å². The minimum absolute atomic E-state index is 0.449. The lowest BCUT2D eigenvalue weighted by atomic mass is 10.1. The SMILES string of the molecule is CC(C)N(Cc1ccc(Cl)cc1)Cc1ccccc1N. The van der Waals surface area contributed by atoms with Crippen LogP contribution in [0.5, 0.6) is 0 Å². The highest BCUT2D eigenvalue weighted by Crippen LogP contribution is 2.18. The largest absolute Gasteiger partial charge is 0.398 e. The molecule has 20 heavy (non-hydrogen) atoms. The number of benzene rings is 2. The van der Waals surface area contributed by atoms with Crippen LogP contribution in [0.3, 0.4) is 0 Å². The zero-order valence-corrected chi connectivity index (χ0v) is 12.8. The molecule has 0 fully saturated rings. The van der Waals surface area contributed by atoms with Crippen molar-refractivity contribution in [2.24, 2.45) is 0 Å². The molecule has 0 aliphatic carbocycles. The fourth-order valence-electron chi connectivity index (χ4n) is 2.14. The maximum absolute atomic E-state index is 6.04. The highest BCUT2D eigenvalue weighted by Gasteiger charge is 2.12. The fourth-order valence-corrected chi connectivity index (χ4v) is 2.27. The zero-order chi connectivity index (χ0) is 14.5. The molecule has 0 amide bonds. The first-order valence-corrected chi connectivity index (χ1v) is 7.26. The van der Waals surface area contributed by atoms with E-state index in [2.05, 4.69) is 36.9 Å². The highest BCUT2D eigenvalue weighted by atomic mass is 35.5. The van der Waals surface area contributed by atoms with Gasteiger partial charge in [0, 0.05) is 29.8 Å². The number of rotatable bonds is 5. The zero-order valence-electron chi connectivity index (χ0n) is 12.0. The van der Waals surface area contributed by atoms with Gasteiger partial charge in [-0.15, -0.1) is 0 Å². The summed E-state index contributed by atoms with van der Waals surface area (Å²) in [7, 11) is 0. The summed E-state index contributed by atoms with van der Waals surface area (Å²) in [4.78, 5) is 2.40. The molecule has 0 spiro atoms. The lowest BCUT2D eigenvalue weighted by molar-refractivity contribution is 0.204. The third kappa shape index (κ3) is 3.99. The normalized spacial score (nSPS) is 11.2. The third-order valence-corrected chi connectivity index (χ3v) is 3.71. The number of hydrogen-bond donors (Lipinski definition) is 1. The summed E-state index contributed by atoms with van der Waals surface area (Å²) in [6.07, 6.45) is 0. The first-order valence-electron chi connectivity index (χ1n) is 6.88. The lowest BCUT2D eigenvalue weighted by Crippen LogP contribution is -2.30. The molecule has 0 unspecified atom stereocenters. The molecule has 0 aromatic heterocycles. The van der Waals surface area contributed by atoms with Crippen LogP contribution < -0.4 is 5.73 Å². The van der Waals surface area contributed by atoms with Crippen LogP contribution in [-0.2, 0) is 13.1 Å². The van der Waals surface area contributed by atoms with Gasteiger partial charge in [-0.3, -0.25) is 4.90 Å². The molecule has 3 heteroatoms. The topological polar surface area (TPSA) is 29.3 Å². The summed E-state index contributed by atoms with van der Waals surface area (Å²) in [5, 5.41) is 0.775. The third-order valence-electron chi connectivity index (χ3n) is 3.46. The van der Waals surface area contributed by atoms with Gasteiger partial charge in [-0.25, -0.2) is 0 Å². The number of hydrogen-bond acceptors (Lipinski definition) is 2. The van der Waals surface area contributed by atoms with Gasteiger partial charge in [-0.1, -0.05) is 41.9 Å². The molecule has 2 aromatic carbocycles. The van der Waals surface area contributed by atoms with E-state index in [9.17, 15) is 0 Å². The van der Waals surface area contributed by atoms with Crippen molar-refractivity contribution in [3.05, 3.63) is 64.7 Å². The smallest absolute Gasteiger partial charge is 0.0406 e. The van der Waals surface area contributed by atoms with E-state index < -0.39 is 0 Å². The summed E-state index contributed by atoms with van der Waals surface area (Å²) < 4.78 is 0. The van der Waals surface area contributed by atoms with E-state index in [1.165, 1.54) is 11.1 Å². The molecular formula is C17H21ClN2. The Hall–Kier alpha value is -1.51. The highest BCUT2D eigenvalue weighted by molar-refractivity contribution is 6.30. The molecule has 2 N–H and O–H groups in total. The Labute approximate surface area is 126 Å². The second kappa shape index (κ2) is 6.78. The molecule has 0 aliphatic heterocycles. The second-order valence-electron chi connectivity index (χ2n) is 5.32. The first-order chi connectivity index (χ1) is 9.56. The van der Waals surface area contributed by atoms with Gasteiger partial charge < -0.3 is 5.73 Å². The monoisotopic (exact) mass is 288 g/mol. The molecule has 2 aromatic rings. The van der Waals surface area contributed by atoms with Crippen LogP contribution in [0.25, 0.3) is 0 Å². The molecule has 0 radical (unpaired) electrons. The molecule has 0 atom stereocenters. The van der Waals surface area contributed by atoms with Gasteiger partial charge in [-0.05, 0) is 43.2 Å². The lowest BCUT2D eigenvalue weighted by Gasteiger charge is -2.27. The van der Waals surface area contributed by atoms with Crippen LogP contribution in [0, 0.1) is 0 Å². The van der Waals surface area contributed by atoms with Gasteiger partial charge >= 0.3 is 0 Å². The number of anilines is 1. The molecular weight excluding hydrogens is 268 g/mol. The van der Waals surface area contributed by atoms with Gasteiger partial charge in [0.2, 0.25) is 0 Å². The second-order valence-corrected chi connectivity index (χ2v) is 5.76. The first kappa shape index (κ1) is 14.9. The summed E-state index contributed by atoms with van der Waals surface area (Å²) in [6, 6.07) is 16.5. The van der Waals surface area contributed by atoms with Crippen LogP contribution >= 0.6 is 11.6 Å². The van der Waals surface area contributed by atoms with Gasteiger partial charge in [0.25, 0.3) is 0 Å². The van der Waals surface area contributed by atoms with Crippen molar-refractivity contribution < 1.29 is 0 Å². The number of nitrogens with zero attached hydrogens (tertiary/aromatic N) is 1. The van der Waals surface area contributed by atoms with Gasteiger partial charge in [0.1, 0.15) is 0 Å². The van der Waals surface area contributed by atoms with E-state index in [1.54, 1.807) is 0 Å². The van der Waals surface area contributed by atoms with Crippen molar-refractivity contribution in [1.29, 1.82) is 0 Å². The standard InChI is InChI=1S/C17H21ClN2/c1-13(2)20(11-14-7-9-16(18)10-8-14)12-15-5-3-4-6-17(15)19/h3-10,13H,11-12,19H2,1-2H3. The number of nitrogen functional groups attached to an aromatic ring is 1. The minimum atomic E-state index is 0.449. The van der Waals surface area contributed by atoms with E-state index in [4.69, 9.17) is 17.3 Å². The number of halogens is 1. The van der Waals surface area contributed by atoms with Crippen molar-refractivity contribution in [2.75, 3.05) is 5.73 Å². The Morgan fingerprint density at radius 3 is 2.25 bits per heavy atom. The summed E-state index contributed by atoms with van der Waals surface area (Å²) in [6.45, 7) is 6.15. The van der Waals surface area contributed by atoms with Crippen molar-refractivity contribution >= 4 is 17.3 Å². The Balaban J connectivity index is 2.11. The van der Waals surface area contributed by atoms with Crippen LogP contribution in [0.2, 0.25) is 5.02 Å². The molecule has 0 aliphatic rings. The minimum Gasteiger partial charge on any atom is -0.398 e. The average molecular weight is 289 g/mol. The summed E-state index contributed by atoms with van der Waals surface area (Å²) in [5.41, 5.74) is 9.33.